The van der Waals surface area contributed by atoms with Crippen LogP contribution in [0.4, 0.5) is 11.5 Å². The number of rotatable bonds is 6. The summed E-state index contributed by atoms with van der Waals surface area (Å²) in [7, 11) is 1.38. The van der Waals surface area contributed by atoms with Gasteiger partial charge in [-0.15, -0.1) is 0 Å². The van der Waals surface area contributed by atoms with E-state index < -0.39 is 4.92 Å². The molecule has 0 atom stereocenters. The maximum absolute atomic E-state index is 10.9. The molecule has 0 radical (unpaired) electrons. The van der Waals surface area contributed by atoms with Crippen molar-refractivity contribution in [2.75, 3.05) is 12.5 Å². The number of nitrogens with two attached hydrogens (primary N) is 1. The minimum absolute atomic E-state index is 0.144. The van der Waals surface area contributed by atoms with E-state index in [0.29, 0.717) is 11.6 Å². The molecule has 8 nitrogen and oxygen atoms in total. The van der Waals surface area contributed by atoms with Crippen LogP contribution in [-0.4, -0.2) is 17.0 Å². The van der Waals surface area contributed by atoms with Gasteiger partial charge in [-0.2, -0.15) is 0 Å². The molecule has 1 aromatic carbocycles. The number of ether oxygens (including phenoxy) is 2. The van der Waals surface area contributed by atoms with Crippen LogP contribution < -0.4 is 20.7 Å². The van der Waals surface area contributed by atoms with Crippen LogP contribution in [0, 0.1) is 10.1 Å². The number of benzene rings is 1. The number of nitrogens with one attached hydrogen (secondary N) is 1. The molecule has 0 saturated heterocycles. The monoisotopic (exact) mass is 290 g/mol. The number of anilines is 1. The Morgan fingerprint density at radius 2 is 2.19 bits per heavy atom. The third-order valence-electron chi connectivity index (χ3n) is 2.72. The summed E-state index contributed by atoms with van der Waals surface area (Å²) in [4.78, 5) is 14.4. The molecular formula is C13H14N4O4. The lowest BCUT2D eigenvalue weighted by molar-refractivity contribution is -0.385. The second-order valence-corrected chi connectivity index (χ2v) is 4.07. The lowest BCUT2D eigenvalue weighted by atomic mass is 10.2. The Morgan fingerprint density at radius 3 is 2.86 bits per heavy atom. The van der Waals surface area contributed by atoms with Gasteiger partial charge in [-0.05, 0) is 29.8 Å². The highest BCUT2D eigenvalue weighted by molar-refractivity contribution is 5.50. The molecular weight excluding hydrogens is 276 g/mol. The SMILES string of the molecule is COc1ccc(OCc2ccnc(NN)c2)cc1[N+](=O)[O-]. The van der Waals surface area contributed by atoms with Crippen molar-refractivity contribution in [2.24, 2.45) is 5.84 Å². The summed E-state index contributed by atoms with van der Waals surface area (Å²) < 4.78 is 10.5. The Hall–Kier alpha value is -2.87. The van der Waals surface area contributed by atoms with Gasteiger partial charge in [-0.25, -0.2) is 10.8 Å². The van der Waals surface area contributed by atoms with Crippen LogP contribution in [0.3, 0.4) is 0 Å². The smallest absolute Gasteiger partial charge is 0.314 e. The largest absolute Gasteiger partial charge is 0.490 e. The first-order chi connectivity index (χ1) is 10.1. The van der Waals surface area contributed by atoms with Gasteiger partial charge in [0, 0.05) is 6.20 Å². The molecule has 0 unspecified atom stereocenters. The van der Waals surface area contributed by atoms with Gasteiger partial charge in [0.2, 0.25) is 0 Å². The zero-order valence-corrected chi connectivity index (χ0v) is 11.3. The van der Waals surface area contributed by atoms with E-state index in [-0.39, 0.29) is 18.0 Å². The fourth-order valence-corrected chi connectivity index (χ4v) is 1.71. The van der Waals surface area contributed by atoms with Crippen LogP contribution in [0.1, 0.15) is 5.56 Å². The summed E-state index contributed by atoms with van der Waals surface area (Å²) >= 11 is 0. The predicted octanol–water partition coefficient (Wildman–Crippen LogP) is 1.86. The Labute approximate surface area is 120 Å². The first-order valence-electron chi connectivity index (χ1n) is 6.01. The number of hydrogen-bond donors (Lipinski definition) is 2. The third-order valence-corrected chi connectivity index (χ3v) is 2.72. The summed E-state index contributed by atoms with van der Waals surface area (Å²) in [5.74, 6) is 6.34. The molecule has 0 aliphatic carbocycles. The maximum atomic E-state index is 10.9. The van der Waals surface area contributed by atoms with Gasteiger partial charge >= 0.3 is 5.69 Å². The second-order valence-electron chi connectivity index (χ2n) is 4.07. The summed E-state index contributed by atoms with van der Waals surface area (Å²) in [6.07, 6.45) is 1.59. The molecule has 110 valence electrons. The van der Waals surface area contributed by atoms with Crippen molar-refractivity contribution >= 4 is 11.5 Å². The summed E-state index contributed by atoms with van der Waals surface area (Å²) in [6, 6.07) is 7.90. The van der Waals surface area contributed by atoms with Gasteiger partial charge in [0.1, 0.15) is 18.2 Å². The van der Waals surface area contributed by atoms with Crippen molar-refractivity contribution in [3.8, 4) is 11.5 Å². The number of pyridine rings is 1. The number of nitrogens with zero attached hydrogens (tertiary/aromatic N) is 2. The lowest BCUT2D eigenvalue weighted by Gasteiger charge is -2.08. The highest BCUT2D eigenvalue weighted by Crippen LogP contribution is 2.31. The Morgan fingerprint density at radius 1 is 1.38 bits per heavy atom. The molecule has 1 heterocycles. The fourth-order valence-electron chi connectivity index (χ4n) is 1.71. The summed E-state index contributed by atoms with van der Waals surface area (Å²) in [5, 5.41) is 10.9. The molecule has 0 bridgehead atoms. The van der Waals surface area contributed by atoms with Gasteiger partial charge in [-0.1, -0.05) is 0 Å². The van der Waals surface area contributed by atoms with Crippen molar-refractivity contribution in [3.05, 3.63) is 52.2 Å². The highest BCUT2D eigenvalue weighted by Gasteiger charge is 2.15. The molecule has 2 rings (SSSR count). The summed E-state index contributed by atoms with van der Waals surface area (Å²) in [6.45, 7) is 0.237. The van der Waals surface area contributed by atoms with E-state index in [9.17, 15) is 10.1 Å². The average Bonchev–Trinajstić information content (AvgIpc) is 2.52. The number of nitro groups is 1. The average molecular weight is 290 g/mol. The van der Waals surface area contributed by atoms with E-state index in [2.05, 4.69) is 10.4 Å². The van der Waals surface area contributed by atoms with Crippen LogP contribution in [0.2, 0.25) is 0 Å². The maximum Gasteiger partial charge on any atom is 0.314 e. The van der Waals surface area contributed by atoms with E-state index in [1.807, 2.05) is 0 Å². The zero-order chi connectivity index (χ0) is 15.2. The molecule has 21 heavy (non-hydrogen) atoms. The molecule has 1 aromatic heterocycles. The number of methoxy groups -OCH3 is 1. The van der Waals surface area contributed by atoms with Crippen molar-refractivity contribution in [3.63, 3.8) is 0 Å². The number of nitrogen functional groups attached to an aromatic ring is 1. The van der Waals surface area contributed by atoms with E-state index in [1.54, 1.807) is 24.4 Å². The third kappa shape index (κ3) is 3.57. The van der Waals surface area contributed by atoms with Crippen molar-refractivity contribution in [2.45, 2.75) is 6.61 Å². The molecule has 0 aliphatic heterocycles. The Kier molecular flexibility index (Phi) is 4.52. The lowest BCUT2D eigenvalue weighted by Crippen LogP contribution is -2.09. The summed E-state index contributed by atoms with van der Waals surface area (Å²) in [5.41, 5.74) is 3.12. The first kappa shape index (κ1) is 14.5. The number of hydrogen-bond acceptors (Lipinski definition) is 7. The normalized spacial score (nSPS) is 10.0. The minimum atomic E-state index is -0.519. The molecule has 2 aromatic rings. The standard InChI is InChI=1S/C13H14N4O4/c1-20-12-3-2-10(7-11(12)17(18)19)21-8-9-4-5-15-13(6-9)16-14/h2-7H,8,14H2,1H3,(H,15,16). The second kappa shape index (κ2) is 6.53. The topological polar surface area (TPSA) is 113 Å². The molecule has 0 amide bonds. The quantitative estimate of drug-likeness (QED) is 0.474. The minimum Gasteiger partial charge on any atom is -0.490 e. The van der Waals surface area contributed by atoms with E-state index in [1.165, 1.54) is 19.2 Å². The molecule has 8 heteroatoms. The Bertz CT molecular complexity index is 648. The molecule has 3 N–H and O–H groups in total. The molecule has 0 saturated carbocycles. The van der Waals surface area contributed by atoms with Gasteiger partial charge in [-0.3, -0.25) is 10.1 Å². The molecule has 0 fully saturated rings. The van der Waals surface area contributed by atoms with Gasteiger partial charge in [0.05, 0.1) is 18.1 Å². The van der Waals surface area contributed by atoms with E-state index >= 15 is 0 Å². The highest BCUT2D eigenvalue weighted by atomic mass is 16.6. The van der Waals surface area contributed by atoms with E-state index in [0.717, 1.165) is 5.56 Å². The molecule has 0 spiro atoms. The van der Waals surface area contributed by atoms with Crippen LogP contribution in [0.25, 0.3) is 0 Å². The first-order valence-corrected chi connectivity index (χ1v) is 6.01. The molecule has 0 aliphatic rings. The zero-order valence-electron chi connectivity index (χ0n) is 11.3. The van der Waals surface area contributed by atoms with E-state index in [4.69, 9.17) is 15.3 Å². The number of nitro benzene ring substituents is 1. The van der Waals surface area contributed by atoms with Gasteiger partial charge in [0.25, 0.3) is 0 Å². The fraction of sp³-hybridized carbons (Fsp3) is 0.154. The predicted molar refractivity (Wildman–Crippen MR) is 76.0 cm³/mol. The number of hydrazine groups is 1. The van der Waals surface area contributed by atoms with Crippen molar-refractivity contribution < 1.29 is 14.4 Å². The number of aromatic nitrogens is 1. The van der Waals surface area contributed by atoms with Crippen molar-refractivity contribution in [1.82, 2.24) is 4.98 Å². The van der Waals surface area contributed by atoms with Crippen LogP contribution in [0.5, 0.6) is 11.5 Å². The van der Waals surface area contributed by atoms with Gasteiger partial charge < -0.3 is 14.9 Å². The Balaban J connectivity index is 2.12. The van der Waals surface area contributed by atoms with Crippen molar-refractivity contribution in [1.29, 1.82) is 0 Å². The van der Waals surface area contributed by atoms with Crippen LogP contribution >= 0.6 is 0 Å². The van der Waals surface area contributed by atoms with Crippen LogP contribution in [-0.2, 0) is 6.61 Å². The van der Waals surface area contributed by atoms with Gasteiger partial charge in [0.15, 0.2) is 5.75 Å². The van der Waals surface area contributed by atoms with Crippen LogP contribution in [0.15, 0.2) is 36.5 Å².